The van der Waals surface area contributed by atoms with Crippen molar-refractivity contribution < 1.29 is 4.84 Å². The Morgan fingerprint density at radius 2 is 2.43 bits per heavy atom. The summed E-state index contributed by atoms with van der Waals surface area (Å²) in [6.07, 6.45) is 1.48. The van der Waals surface area contributed by atoms with E-state index >= 15 is 0 Å². The van der Waals surface area contributed by atoms with Gasteiger partial charge in [-0.15, -0.1) is 0 Å². The molecule has 0 aliphatic carbocycles. The predicted octanol–water partition coefficient (Wildman–Crippen LogP) is 1.01. The average Bonchev–Trinajstić information content (AvgIpc) is 1.61. The van der Waals surface area contributed by atoms with E-state index in [1.165, 1.54) is 13.1 Å². The minimum absolute atomic E-state index is 0.109. The van der Waals surface area contributed by atoms with Crippen LogP contribution in [0.25, 0.3) is 0 Å². The number of hydrogen-bond donors (Lipinski definition) is 1. The molecule has 7 heavy (non-hydrogen) atoms. The van der Waals surface area contributed by atoms with Gasteiger partial charge in [0.15, 0.2) is 0 Å². The lowest BCUT2D eigenvalue weighted by atomic mass is 10.8. The molecule has 0 heterocycles. The first-order valence-electron chi connectivity index (χ1n) is 1.97. The monoisotopic (exact) mass is 100 g/mol. The average molecular weight is 100 g/mol. The van der Waals surface area contributed by atoms with Gasteiger partial charge in [-0.2, -0.15) is 0 Å². The van der Waals surface area contributed by atoms with Crippen LogP contribution in [-0.4, -0.2) is 12.1 Å². The number of nitrogens with zero attached hydrogens (tertiary/aromatic N) is 1. The highest BCUT2D eigenvalue weighted by Gasteiger charge is 1.76. The third-order valence-corrected chi connectivity index (χ3v) is 0.295. The first-order valence-corrected chi connectivity index (χ1v) is 1.97. The van der Waals surface area contributed by atoms with Crippen molar-refractivity contribution in [2.24, 2.45) is 5.16 Å². The molecular formula is C4H8N2O. The SMILES string of the molecule is CC=NOC(C)=N. The molecule has 3 heteroatoms. The van der Waals surface area contributed by atoms with Crippen molar-refractivity contribution in [2.75, 3.05) is 0 Å². The number of hydrogen-bond acceptors (Lipinski definition) is 3. The summed E-state index contributed by atoms with van der Waals surface area (Å²) >= 11 is 0. The third kappa shape index (κ3) is 5.14. The molecule has 0 saturated heterocycles. The van der Waals surface area contributed by atoms with Crippen LogP contribution in [0.3, 0.4) is 0 Å². The molecule has 0 atom stereocenters. The smallest absolute Gasteiger partial charge is 0.214 e. The summed E-state index contributed by atoms with van der Waals surface area (Å²) in [7, 11) is 0. The number of rotatable bonds is 1. The van der Waals surface area contributed by atoms with Crippen LogP contribution in [0, 0.1) is 5.41 Å². The van der Waals surface area contributed by atoms with Crippen LogP contribution in [0.15, 0.2) is 5.16 Å². The molecule has 1 N–H and O–H groups in total. The molecule has 0 aliphatic heterocycles. The van der Waals surface area contributed by atoms with Gasteiger partial charge in [0.2, 0.25) is 5.90 Å². The maximum Gasteiger partial charge on any atom is 0.214 e. The molecule has 0 spiro atoms. The fourth-order valence-electron chi connectivity index (χ4n) is 0.132. The van der Waals surface area contributed by atoms with Crippen molar-refractivity contribution in [1.29, 1.82) is 5.41 Å². The van der Waals surface area contributed by atoms with Crippen molar-refractivity contribution in [3.8, 4) is 0 Å². The minimum Gasteiger partial charge on any atom is -0.343 e. The van der Waals surface area contributed by atoms with Crippen LogP contribution in [0.4, 0.5) is 0 Å². The summed E-state index contributed by atoms with van der Waals surface area (Å²) in [6.45, 7) is 3.25. The molecule has 0 saturated carbocycles. The van der Waals surface area contributed by atoms with Crippen LogP contribution in [-0.2, 0) is 4.84 Å². The van der Waals surface area contributed by atoms with E-state index in [0.29, 0.717) is 0 Å². The lowest BCUT2D eigenvalue weighted by molar-refractivity contribution is 0.324. The topological polar surface area (TPSA) is 45.4 Å². The van der Waals surface area contributed by atoms with Gasteiger partial charge in [0.1, 0.15) is 0 Å². The Morgan fingerprint density at radius 1 is 1.86 bits per heavy atom. The lowest BCUT2D eigenvalue weighted by Gasteiger charge is -1.86. The largest absolute Gasteiger partial charge is 0.343 e. The molecule has 0 aliphatic rings. The quantitative estimate of drug-likeness (QED) is 0.298. The molecule has 0 aromatic rings. The second-order valence-electron chi connectivity index (χ2n) is 1.01. The summed E-state index contributed by atoms with van der Waals surface area (Å²) in [5.41, 5.74) is 0. The molecule has 0 amide bonds. The second-order valence-corrected chi connectivity index (χ2v) is 1.01. The lowest BCUT2D eigenvalue weighted by Crippen LogP contribution is -1.87. The summed E-state index contributed by atoms with van der Waals surface area (Å²) < 4.78 is 0. The molecule has 0 bridgehead atoms. The maximum absolute atomic E-state index is 6.66. The minimum atomic E-state index is 0.109. The van der Waals surface area contributed by atoms with Crippen LogP contribution in [0.1, 0.15) is 13.8 Å². The van der Waals surface area contributed by atoms with E-state index in [0.717, 1.165) is 0 Å². The van der Waals surface area contributed by atoms with E-state index in [4.69, 9.17) is 5.41 Å². The fourth-order valence-corrected chi connectivity index (χ4v) is 0.132. The molecule has 0 aromatic heterocycles. The first kappa shape index (κ1) is 6.14. The zero-order valence-corrected chi connectivity index (χ0v) is 4.43. The van der Waals surface area contributed by atoms with E-state index in [1.807, 2.05) is 0 Å². The van der Waals surface area contributed by atoms with E-state index in [1.54, 1.807) is 6.92 Å². The van der Waals surface area contributed by atoms with Crippen molar-refractivity contribution in [1.82, 2.24) is 0 Å². The molecule has 0 fully saturated rings. The van der Waals surface area contributed by atoms with Gasteiger partial charge in [-0.05, 0) is 6.92 Å². The van der Waals surface area contributed by atoms with Gasteiger partial charge in [-0.1, -0.05) is 5.16 Å². The Kier molecular flexibility index (Phi) is 2.92. The summed E-state index contributed by atoms with van der Waals surface area (Å²) in [6, 6.07) is 0. The highest BCUT2D eigenvalue weighted by molar-refractivity contribution is 5.69. The standard InChI is InChI=1S/C4H8N2O/c1-3-6-7-4(2)5/h3,5H,1-2H3. The van der Waals surface area contributed by atoms with Crippen molar-refractivity contribution >= 4 is 12.1 Å². The van der Waals surface area contributed by atoms with Crippen LogP contribution < -0.4 is 0 Å². The Morgan fingerprint density at radius 3 is 2.57 bits per heavy atom. The van der Waals surface area contributed by atoms with Crippen LogP contribution in [0.2, 0.25) is 0 Å². The van der Waals surface area contributed by atoms with Crippen molar-refractivity contribution in [3.63, 3.8) is 0 Å². The van der Waals surface area contributed by atoms with E-state index < -0.39 is 0 Å². The summed E-state index contributed by atoms with van der Waals surface area (Å²) in [4.78, 5) is 4.34. The van der Waals surface area contributed by atoms with Gasteiger partial charge in [0.05, 0.1) is 0 Å². The zero-order chi connectivity index (χ0) is 5.70. The highest BCUT2D eigenvalue weighted by Crippen LogP contribution is 1.73. The molecule has 0 unspecified atom stereocenters. The normalized spacial score (nSPS) is 9.43. The van der Waals surface area contributed by atoms with Gasteiger partial charge in [-0.25, -0.2) is 0 Å². The number of oxime groups is 1. The highest BCUT2D eigenvalue weighted by atomic mass is 16.6. The third-order valence-electron chi connectivity index (χ3n) is 0.295. The van der Waals surface area contributed by atoms with Gasteiger partial charge in [0.25, 0.3) is 0 Å². The zero-order valence-electron chi connectivity index (χ0n) is 4.43. The van der Waals surface area contributed by atoms with Crippen LogP contribution in [0.5, 0.6) is 0 Å². The van der Waals surface area contributed by atoms with Crippen LogP contribution >= 0.6 is 0 Å². The Bertz CT molecular complexity index is 87.7. The Hall–Kier alpha value is -0.860. The Balaban J connectivity index is 3.14. The van der Waals surface area contributed by atoms with Crippen molar-refractivity contribution in [2.45, 2.75) is 13.8 Å². The fraction of sp³-hybridized carbons (Fsp3) is 0.500. The van der Waals surface area contributed by atoms with Gasteiger partial charge in [0, 0.05) is 13.1 Å². The summed E-state index contributed by atoms with van der Waals surface area (Å²) in [5, 5.41) is 9.98. The predicted molar refractivity (Wildman–Crippen MR) is 28.7 cm³/mol. The molecule has 0 radical (unpaired) electrons. The second kappa shape index (κ2) is 3.33. The van der Waals surface area contributed by atoms with E-state index in [-0.39, 0.29) is 5.90 Å². The van der Waals surface area contributed by atoms with Gasteiger partial charge >= 0.3 is 0 Å². The molecular weight excluding hydrogens is 92.1 g/mol. The van der Waals surface area contributed by atoms with Gasteiger partial charge < -0.3 is 4.84 Å². The number of nitrogens with one attached hydrogen (secondary N) is 1. The van der Waals surface area contributed by atoms with Gasteiger partial charge in [-0.3, -0.25) is 5.41 Å². The van der Waals surface area contributed by atoms with E-state index in [2.05, 4.69) is 9.99 Å². The first-order chi connectivity index (χ1) is 3.27. The Labute approximate surface area is 42.5 Å². The molecule has 0 aromatic carbocycles. The maximum atomic E-state index is 6.66. The van der Waals surface area contributed by atoms with Crippen molar-refractivity contribution in [3.05, 3.63) is 0 Å². The molecule has 0 rings (SSSR count). The molecule has 40 valence electrons. The summed E-state index contributed by atoms with van der Waals surface area (Å²) in [5.74, 6) is 0.109. The van der Waals surface area contributed by atoms with E-state index in [9.17, 15) is 0 Å². The molecule has 3 nitrogen and oxygen atoms in total.